The van der Waals surface area contributed by atoms with E-state index >= 15 is 0 Å². The Hall–Kier alpha value is -1.42. The molecule has 2 amide bonds. The molecule has 1 aliphatic heterocycles. The van der Waals surface area contributed by atoms with Crippen molar-refractivity contribution >= 4 is 35.6 Å². The Morgan fingerprint density at radius 2 is 1.90 bits per heavy atom. The summed E-state index contributed by atoms with van der Waals surface area (Å²) in [4.78, 5) is 35.5. The Morgan fingerprint density at radius 1 is 1.16 bits per heavy atom. The molecule has 1 atom stereocenters. The number of hydrogen-bond donors (Lipinski definition) is 2. The summed E-state index contributed by atoms with van der Waals surface area (Å²) < 4.78 is 39.0. The van der Waals surface area contributed by atoms with Crippen molar-refractivity contribution in [2.75, 3.05) is 31.1 Å². The van der Waals surface area contributed by atoms with Gasteiger partial charge in [-0.15, -0.1) is 0 Å². The third kappa shape index (κ3) is 12.9. The van der Waals surface area contributed by atoms with Crippen LogP contribution in [-0.2, 0) is 14.4 Å². The average Bonchev–Trinajstić information content (AvgIpc) is 2.70. The van der Waals surface area contributed by atoms with Crippen LogP contribution >= 0.6 is 11.8 Å². The number of carbonyl (C=O) groups is 3. The van der Waals surface area contributed by atoms with E-state index in [4.69, 9.17) is 0 Å². The predicted molar refractivity (Wildman–Crippen MR) is 117 cm³/mol. The molecule has 0 unspecified atom stereocenters. The number of Topliss-reactive ketones (excluding diaryl/α,β-unsaturated/α-hetero) is 1. The number of amides is 2. The van der Waals surface area contributed by atoms with Crippen LogP contribution in [0, 0.1) is 5.92 Å². The quantitative estimate of drug-likeness (QED) is 0.304. The van der Waals surface area contributed by atoms with Crippen molar-refractivity contribution in [2.24, 2.45) is 5.92 Å². The minimum absolute atomic E-state index is 0.272. The summed E-state index contributed by atoms with van der Waals surface area (Å²) in [7, 11) is 0. The normalized spacial score (nSPS) is 15.5. The molecular formula is C21H35F3N3O3S+. The van der Waals surface area contributed by atoms with E-state index < -0.39 is 29.7 Å². The van der Waals surface area contributed by atoms with Crippen molar-refractivity contribution in [3.8, 4) is 0 Å². The van der Waals surface area contributed by atoms with Crippen LogP contribution < -0.4 is 10.6 Å². The molecule has 0 saturated carbocycles. The van der Waals surface area contributed by atoms with Crippen LogP contribution in [0.2, 0.25) is 0 Å². The number of nitrogens with zero attached hydrogens (tertiary/aromatic N) is 1. The van der Waals surface area contributed by atoms with Crippen molar-refractivity contribution < 1.29 is 32.1 Å². The van der Waals surface area contributed by atoms with Gasteiger partial charge in [0.15, 0.2) is 6.54 Å². The topological polar surface area (TPSA) is 78.3 Å². The fourth-order valence-electron chi connectivity index (χ4n) is 3.08. The SMILES string of the molecule is CC(C)CCC(=O)NC(=O)[C@H](CCCSCC(=O)C(F)(F)F)NCC[N+]1=CCCCC1. The summed E-state index contributed by atoms with van der Waals surface area (Å²) in [6.07, 6.45) is 2.50. The number of nitrogens with one attached hydrogen (secondary N) is 2. The first-order chi connectivity index (χ1) is 14.6. The third-order valence-corrected chi connectivity index (χ3v) is 5.98. The van der Waals surface area contributed by atoms with Crippen LogP contribution in [0.1, 0.15) is 58.8 Å². The predicted octanol–water partition coefficient (Wildman–Crippen LogP) is 2.94. The van der Waals surface area contributed by atoms with E-state index in [1.807, 2.05) is 13.8 Å². The van der Waals surface area contributed by atoms with Crippen molar-refractivity contribution in [2.45, 2.75) is 71.0 Å². The number of imide groups is 1. The Labute approximate surface area is 186 Å². The summed E-state index contributed by atoms with van der Waals surface area (Å²) in [6.45, 7) is 6.29. The zero-order chi connectivity index (χ0) is 23.3. The second-order valence-electron chi connectivity index (χ2n) is 8.18. The van der Waals surface area contributed by atoms with Crippen LogP contribution in [0.25, 0.3) is 0 Å². The van der Waals surface area contributed by atoms with Gasteiger partial charge in [-0.2, -0.15) is 24.9 Å². The van der Waals surface area contributed by atoms with Gasteiger partial charge in [-0.3, -0.25) is 25.0 Å². The zero-order valence-electron chi connectivity index (χ0n) is 18.4. The molecule has 0 saturated heterocycles. The molecule has 1 heterocycles. The van der Waals surface area contributed by atoms with E-state index in [1.165, 1.54) is 6.42 Å². The lowest BCUT2D eigenvalue weighted by molar-refractivity contribution is -0.526. The van der Waals surface area contributed by atoms with Gasteiger partial charge in [0.1, 0.15) is 12.8 Å². The van der Waals surface area contributed by atoms with Gasteiger partial charge in [0.2, 0.25) is 17.6 Å². The highest BCUT2D eigenvalue weighted by Gasteiger charge is 2.37. The smallest absolute Gasteiger partial charge is 0.300 e. The molecule has 2 N–H and O–H groups in total. The lowest BCUT2D eigenvalue weighted by Gasteiger charge is -2.18. The van der Waals surface area contributed by atoms with E-state index in [-0.39, 0.29) is 12.3 Å². The summed E-state index contributed by atoms with van der Waals surface area (Å²) >= 11 is 0.905. The first-order valence-electron chi connectivity index (χ1n) is 10.9. The number of carbonyl (C=O) groups excluding carboxylic acids is 3. The van der Waals surface area contributed by atoms with Crippen molar-refractivity contribution in [3.63, 3.8) is 0 Å². The first-order valence-corrected chi connectivity index (χ1v) is 12.1. The highest BCUT2D eigenvalue weighted by Crippen LogP contribution is 2.19. The molecule has 0 aromatic rings. The fraction of sp³-hybridized carbons (Fsp3) is 0.810. The molecule has 0 radical (unpaired) electrons. The van der Waals surface area contributed by atoms with Crippen LogP contribution in [0.5, 0.6) is 0 Å². The van der Waals surface area contributed by atoms with Crippen molar-refractivity contribution in [3.05, 3.63) is 0 Å². The number of hydrogen-bond acceptors (Lipinski definition) is 5. The molecule has 31 heavy (non-hydrogen) atoms. The second kappa shape index (κ2) is 14.6. The van der Waals surface area contributed by atoms with E-state index in [0.717, 1.165) is 37.7 Å². The highest BCUT2D eigenvalue weighted by molar-refractivity contribution is 7.99. The monoisotopic (exact) mass is 466 g/mol. The van der Waals surface area contributed by atoms with Crippen LogP contribution in [0.4, 0.5) is 13.2 Å². The maximum atomic E-state index is 12.6. The van der Waals surface area contributed by atoms with Gasteiger partial charge in [0.25, 0.3) is 0 Å². The summed E-state index contributed by atoms with van der Waals surface area (Å²) in [5, 5.41) is 5.61. The standard InChI is InChI=1S/C21H34F3N3O3S/c1-16(2)8-9-19(29)26-20(30)17(25-10-13-27-11-4-3-5-12-27)7-6-14-31-15-18(28)21(22,23)24/h11,16-17,25H,3-10,12-15H2,1-2H3/p+1/t17-/m0/s1. The molecule has 0 bridgehead atoms. The summed E-state index contributed by atoms with van der Waals surface area (Å²) in [5.41, 5.74) is 0. The minimum Gasteiger partial charge on any atom is -0.300 e. The largest absolute Gasteiger partial charge is 0.450 e. The molecule has 1 aliphatic rings. The van der Waals surface area contributed by atoms with Crippen LogP contribution in [-0.4, -0.2) is 71.7 Å². The third-order valence-electron chi connectivity index (χ3n) is 4.94. The van der Waals surface area contributed by atoms with E-state index in [2.05, 4.69) is 21.4 Å². The maximum absolute atomic E-state index is 12.6. The Kier molecular flexibility index (Phi) is 13.0. The lowest BCUT2D eigenvalue weighted by atomic mass is 10.1. The van der Waals surface area contributed by atoms with Crippen LogP contribution in [0.15, 0.2) is 0 Å². The van der Waals surface area contributed by atoms with Gasteiger partial charge in [-0.25, -0.2) is 4.58 Å². The van der Waals surface area contributed by atoms with Crippen molar-refractivity contribution in [1.82, 2.24) is 10.6 Å². The molecule has 6 nitrogen and oxygen atoms in total. The molecule has 0 fully saturated rings. The number of halogens is 3. The van der Waals surface area contributed by atoms with Gasteiger partial charge < -0.3 is 0 Å². The molecule has 10 heteroatoms. The van der Waals surface area contributed by atoms with E-state index in [9.17, 15) is 27.6 Å². The molecule has 1 rings (SSSR count). The van der Waals surface area contributed by atoms with E-state index in [1.54, 1.807) is 0 Å². The molecule has 0 aromatic heterocycles. The summed E-state index contributed by atoms with van der Waals surface area (Å²) in [5.74, 6) is -2.42. The Balaban J connectivity index is 2.48. The Bertz CT molecular complexity index is 625. The number of thioether (sulfide) groups is 1. The molecule has 178 valence electrons. The minimum atomic E-state index is -4.81. The van der Waals surface area contributed by atoms with Crippen LogP contribution in [0.3, 0.4) is 0 Å². The highest BCUT2D eigenvalue weighted by atomic mass is 32.2. The van der Waals surface area contributed by atoms with Gasteiger partial charge in [-0.05, 0) is 37.4 Å². The first kappa shape index (κ1) is 27.6. The number of ketones is 1. The lowest BCUT2D eigenvalue weighted by Crippen LogP contribution is -2.48. The van der Waals surface area contributed by atoms with Gasteiger partial charge in [0, 0.05) is 19.3 Å². The Morgan fingerprint density at radius 3 is 2.52 bits per heavy atom. The molecular weight excluding hydrogens is 431 g/mol. The molecule has 0 aromatic carbocycles. The molecule has 0 aliphatic carbocycles. The summed E-state index contributed by atoms with van der Waals surface area (Å²) in [6, 6.07) is -0.605. The average molecular weight is 467 g/mol. The van der Waals surface area contributed by atoms with Gasteiger partial charge in [0.05, 0.1) is 18.3 Å². The van der Waals surface area contributed by atoms with Crippen molar-refractivity contribution in [1.29, 1.82) is 0 Å². The number of alkyl halides is 3. The maximum Gasteiger partial charge on any atom is 0.450 e. The molecule has 0 spiro atoms. The van der Waals surface area contributed by atoms with Gasteiger partial charge >= 0.3 is 6.18 Å². The van der Waals surface area contributed by atoms with E-state index in [0.29, 0.717) is 37.5 Å². The fourth-order valence-corrected chi connectivity index (χ4v) is 3.94. The zero-order valence-corrected chi connectivity index (χ0v) is 19.2. The second-order valence-corrected chi connectivity index (χ2v) is 9.29. The number of rotatable bonds is 14. The van der Waals surface area contributed by atoms with Gasteiger partial charge in [-0.1, -0.05) is 13.8 Å².